The Morgan fingerprint density at radius 2 is 1.76 bits per heavy atom. The van der Waals surface area contributed by atoms with Crippen LogP contribution in [-0.2, 0) is 27.4 Å². The minimum absolute atomic E-state index is 0.0509. The van der Waals surface area contributed by atoms with Gasteiger partial charge in [0.05, 0.1) is 23.5 Å². The number of amides is 1. The van der Waals surface area contributed by atoms with Crippen molar-refractivity contribution in [3.8, 4) is 6.07 Å². The highest BCUT2D eigenvalue weighted by Gasteiger charge is 2.40. The number of hydrogen-bond donors (Lipinski definition) is 0. The average Bonchev–Trinajstić information content (AvgIpc) is 3.21. The fraction of sp³-hybridized carbons (Fsp3) is 0.375. The lowest BCUT2D eigenvalue weighted by atomic mass is 9.78. The smallest absolute Gasteiger partial charge is 0.310 e. The van der Waals surface area contributed by atoms with Gasteiger partial charge in [-0.25, -0.2) is 0 Å². The second kappa shape index (κ2) is 8.48. The standard InChI is InChI=1S/C24H24N2O3/c25-15-17-9-11-18(12-10-17)16-29-24(28)21-7-3-2-6-20(21)23(27)26-14-13-19-5-1-4-8-22(19)26/h1,4-5,8-12,20-21H,2-3,6-7,13-14,16H2. The Morgan fingerprint density at radius 3 is 2.52 bits per heavy atom. The number of hydrogen-bond acceptors (Lipinski definition) is 4. The van der Waals surface area contributed by atoms with Gasteiger partial charge < -0.3 is 9.64 Å². The number of nitriles is 1. The molecule has 1 aliphatic heterocycles. The number of carbonyl (C=O) groups excluding carboxylic acids is 2. The van der Waals surface area contributed by atoms with E-state index in [9.17, 15) is 9.59 Å². The second-order valence-electron chi connectivity index (χ2n) is 7.78. The summed E-state index contributed by atoms with van der Waals surface area (Å²) in [7, 11) is 0. The van der Waals surface area contributed by atoms with Crippen LogP contribution in [0.4, 0.5) is 5.69 Å². The molecule has 2 atom stereocenters. The Labute approximate surface area is 170 Å². The zero-order valence-corrected chi connectivity index (χ0v) is 16.3. The Kier molecular flexibility index (Phi) is 5.62. The molecule has 29 heavy (non-hydrogen) atoms. The van der Waals surface area contributed by atoms with Gasteiger partial charge in [-0.2, -0.15) is 5.26 Å². The predicted octanol–water partition coefficient (Wildman–Crippen LogP) is 4.00. The van der Waals surface area contributed by atoms with Gasteiger partial charge in [-0.15, -0.1) is 0 Å². The van der Waals surface area contributed by atoms with Gasteiger partial charge in [0.2, 0.25) is 5.91 Å². The molecule has 0 saturated heterocycles. The fourth-order valence-electron chi connectivity index (χ4n) is 4.41. The number of anilines is 1. The summed E-state index contributed by atoms with van der Waals surface area (Å²) < 4.78 is 5.56. The van der Waals surface area contributed by atoms with Crippen LogP contribution in [0.2, 0.25) is 0 Å². The van der Waals surface area contributed by atoms with E-state index in [1.165, 1.54) is 5.56 Å². The third-order valence-corrected chi connectivity index (χ3v) is 6.00. The van der Waals surface area contributed by atoms with Crippen LogP contribution >= 0.6 is 0 Å². The highest BCUT2D eigenvalue weighted by Crippen LogP contribution is 2.36. The van der Waals surface area contributed by atoms with E-state index in [0.29, 0.717) is 18.5 Å². The Morgan fingerprint density at radius 1 is 1.03 bits per heavy atom. The monoisotopic (exact) mass is 388 g/mol. The van der Waals surface area contributed by atoms with Crippen molar-refractivity contribution in [3.05, 3.63) is 65.2 Å². The Hall–Kier alpha value is -3.13. The van der Waals surface area contributed by atoms with Crippen LogP contribution in [0.25, 0.3) is 0 Å². The van der Waals surface area contributed by atoms with Crippen LogP contribution in [0, 0.1) is 23.2 Å². The lowest BCUT2D eigenvalue weighted by Gasteiger charge is -2.32. The first-order valence-corrected chi connectivity index (χ1v) is 10.2. The molecule has 1 amide bonds. The zero-order chi connectivity index (χ0) is 20.2. The molecular weight excluding hydrogens is 364 g/mol. The topological polar surface area (TPSA) is 70.4 Å². The Balaban J connectivity index is 1.43. The maximum absolute atomic E-state index is 13.3. The van der Waals surface area contributed by atoms with Crippen LogP contribution < -0.4 is 4.90 Å². The first kappa shape index (κ1) is 19.2. The summed E-state index contributed by atoms with van der Waals surface area (Å²) in [4.78, 5) is 28.0. The van der Waals surface area contributed by atoms with E-state index in [2.05, 4.69) is 12.1 Å². The van der Waals surface area contributed by atoms with Gasteiger partial charge in [-0.3, -0.25) is 9.59 Å². The van der Waals surface area contributed by atoms with E-state index in [1.54, 1.807) is 24.3 Å². The molecule has 1 heterocycles. The molecule has 1 saturated carbocycles. The number of benzene rings is 2. The van der Waals surface area contributed by atoms with Gasteiger partial charge in [0, 0.05) is 12.2 Å². The van der Waals surface area contributed by atoms with Crippen LogP contribution in [0.1, 0.15) is 42.4 Å². The van der Waals surface area contributed by atoms with Crippen LogP contribution in [-0.4, -0.2) is 18.4 Å². The maximum atomic E-state index is 13.3. The molecule has 148 valence electrons. The molecule has 0 bridgehead atoms. The SMILES string of the molecule is N#Cc1ccc(COC(=O)C2CCCCC2C(=O)N2CCc3ccccc32)cc1. The molecule has 1 fully saturated rings. The van der Waals surface area contributed by atoms with E-state index in [4.69, 9.17) is 10.00 Å². The molecule has 5 heteroatoms. The second-order valence-corrected chi connectivity index (χ2v) is 7.78. The number of carbonyl (C=O) groups is 2. The summed E-state index contributed by atoms with van der Waals surface area (Å²) in [5.74, 6) is -0.944. The van der Waals surface area contributed by atoms with Crippen LogP contribution in [0.5, 0.6) is 0 Å². The van der Waals surface area contributed by atoms with E-state index in [1.807, 2.05) is 23.1 Å². The van der Waals surface area contributed by atoms with Crippen molar-refractivity contribution in [2.45, 2.75) is 38.7 Å². The molecule has 0 aromatic heterocycles. The number of para-hydroxylation sites is 1. The van der Waals surface area contributed by atoms with E-state index in [0.717, 1.165) is 36.9 Å². The number of nitrogens with zero attached hydrogens (tertiary/aromatic N) is 2. The van der Waals surface area contributed by atoms with Crippen LogP contribution in [0.3, 0.4) is 0 Å². The van der Waals surface area contributed by atoms with Gasteiger partial charge >= 0.3 is 5.97 Å². The summed E-state index contributed by atoms with van der Waals surface area (Å²) in [6, 6.07) is 17.1. The summed E-state index contributed by atoms with van der Waals surface area (Å²) >= 11 is 0. The van der Waals surface area contributed by atoms with E-state index < -0.39 is 0 Å². The third-order valence-electron chi connectivity index (χ3n) is 6.00. The Bertz CT molecular complexity index is 945. The molecule has 2 aromatic carbocycles. The lowest BCUT2D eigenvalue weighted by molar-refractivity contribution is -0.155. The largest absolute Gasteiger partial charge is 0.461 e. The van der Waals surface area contributed by atoms with Gasteiger partial charge in [-0.05, 0) is 48.6 Å². The van der Waals surface area contributed by atoms with Crippen molar-refractivity contribution >= 4 is 17.6 Å². The first-order chi connectivity index (χ1) is 14.2. The quantitative estimate of drug-likeness (QED) is 0.743. The predicted molar refractivity (Wildman–Crippen MR) is 109 cm³/mol. The van der Waals surface area contributed by atoms with E-state index >= 15 is 0 Å². The van der Waals surface area contributed by atoms with Crippen molar-refractivity contribution in [1.82, 2.24) is 0 Å². The van der Waals surface area contributed by atoms with Gasteiger partial charge in [0.25, 0.3) is 0 Å². The summed E-state index contributed by atoms with van der Waals surface area (Å²) in [5.41, 5.74) is 3.58. The van der Waals surface area contributed by atoms with Crippen molar-refractivity contribution in [2.24, 2.45) is 11.8 Å². The molecule has 0 radical (unpaired) electrons. The molecule has 0 spiro atoms. The normalized spacial score (nSPS) is 20.6. The molecule has 2 aromatic rings. The summed E-state index contributed by atoms with van der Waals surface area (Å²) in [5, 5.41) is 8.88. The van der Waals surface area contributed by atoms with Gasteiger partial charge in [0.1, 0.15) is 6.61 Å². The highest BCUT2D eigenvalue weighted by atomic mass is 16.5. The summed E-state index contributed by atoms with van der Waals surface area (Å²) in [6.07, 6.45) is 4.19. The van der Waals surface area contributed by atoms with Crippen LogP contribution in [0.15, 0.2) is 48.5 Å². The average molecular weight is 388 g/mol. The molecule has 0 N–H and O–H groups in total. The number of ether oxygens (including phenoxy) is 1. The van der Waals surface area contributed by atoms with Gasteiger partial charge in [-0.1, -0.05) is 43.2 Å². The molecule has 5 nitrogen and oxygen atoms in total. The first-order valence-electron chi connectivity index (χ1n) is 10.2. The minimum Gasteiger partial charge on any atom is -0.461 e. The molecule has 2 unspecified atom stereocenters. The zero-order valence-electron chi connectivity index (χ0n) is 16.3. The highest BCUT2D eigenvalue weighted by molar-refractivity contribution is 5.99. The van der Waals surface area contributed by atoms with Crippen molar-refractivity contribution < 1.29 is 14.3 Å². The minimum atomic E-state index is -0.387. The van der Waals surface area contributed by atoms with Crippen molar-refractivity contribution in [1.29, 1.82) is 5.26 Å². The molecule has 4 rings (SSSR count). The number of esters is 1. The van der Waals surface area contributed by atoms with Crippen molar-refractivity contribution in [2.75, 3.05) is 11.4 Å². The van der Waals surface area contributed by atoms with Crippen molar-refractivity contribution in [3.63, 3.8) is 0 Å². The van der Waals surface area contributed by atoms with E-state index in [-0.39, 0.29) is 30.3 Å². The maximum Gasteiger partial charge on any atom is 0.310 e. The fourth-order valence-corrected chi connectivity index (χ4v) is 4.41. The summed E-state index contributed by atoms with van der Waals surface area (Å²) in [6.45, 7) is 0.843. The number of fused-ring (bicyclic) bond motifs is 1. The third kappa shape index (κ3) is 4.02. The molecular formula is C24H24N2O3. The van der Waals surface area contributed by atoms with Gasteiger partial charge in [0.15, 0.2) is 0 Å². The lowest BCUT2D eigenvalue weighted by Crippen LogP contribution is -2.42. The molecule has 1 aliphatic carbocycles. The number of rotatable bonds is 4. The molecule has 2 aliphatic rings.